The first-order valence-electron chi connectivity index (χ1n) is 7.05. The van der Waals surface area contributed by atoms with Crippen LogP contribution in [0.2, 0.25) is 0 Å². The fraction of sp³-hybridized carbons (Fsp3) is 0.333. The van der Waals surface area contributed by atoms with E-state index in [1.165, 1.54) is 5.56 Å². The van der Waals surface area contributed by atoms with Crippen LogP contribution in [0.1, 0.15) is 43.6 Å². The van der Waals surface area contributed by atoms with Crippen LogP contribution in [0.15, 0.2) is 42.5 Å². The van der Waals surface area contributed by atoms with E-state index < -0.39 is 6.10 Å². The maximum absolute atomic E-state index is 10.6. The fourth-order valence-corrected chi connectivity index (χ4v) is 2.32. The number of aliphatic hydroxyl groups excluding tert-OH is 1. The number of aliphatic hydroxyl groups is 1. The highest BCUT2D eigenvalue weighted by molar-refractivity contribution is 5.60. The second-order valence-electron chi connectivity index (χ2n) is 6.24. The van der Waals surface area contributed by atoms with Crippen molar-refractivity contribution in [3.63, 3.8) is 0 Å². The van der Waals surface area contributed by atoms with Crippen LogP contribution < -0.4 is 10.5 Å². The van der Waals surface area contributed by atoms with Crippen LogP contribution in [0.25, 0.3) is 0 Å². The summed E-state index contributed by atoms with van der Waals surface area (Å²) in [7, 11) is 1.57. The predicted molar refractivity (Wildman–Crippen MR) is 86.6 cm³/mol. The van der Waals surface area contributed by atoms with E-state index in [1.54, 1.807) is 13.2 Å². The van der Waals surface area contributed by atoms with Crippen molar-refractivity contribution >= 4 is 5.69 Å². The Morgan fingerprint density at radius 2 is 1.67 bits per heavy atom. The Hall–Kier alpha value is -2.00. The summed E-state index contributed by atoms with van der Waals surface area (Å²) in [5.74, 6) is 0.581. The van der Waals surface area contributed by atoms with Crippen molar-refractivity contribution in [3.05, 3.63) is 59.2 Å². The van der Waals surface area contributed by atoms with Crippen molar-refractivity contribution in [1.29, 1.82) is 0 Å². The van der Waals surface area contributed by atoms with Crippen LogP contribution >= 0.6 is 0 Å². The molecule has 0 radical (unpaired) electrons. The van der Waals surface area contributed by atoms with Crippen LogP contribution in [0.3, 0.4) is 0 Å². The number of hydrogen-bond donors (Lipinski definition) is 2. The van der Waals surface area contributed by atoms with Gasteiger partial charge in [0.05, 0.1) is 12.8 Å². The number of anilines is 1. The lowest BCUT2D eigenvalue weighted by Gasteiger charge is -2.21. The molecule has 0 bridgehead atoms. The molecule has 0 aliphatic carbocycles. The van der Waals surface area contributed by atoms with Crippen LogP contribution in [0.4, 0.5) is 5.69 Å². The van der Waals surface area contributed by atoms with Crippen LogP contribution in [0, 0.1) is 0 Å². The van der Waals surface area contributed by atoms with Gasteiger partial charge in [0.25, 0.3) is 0 Å². The lowest BCUT2D eigenvalue weighted by Crippen LogP contribution is -2.11. The Morgan fingerprint density at radius 1 is 1.05 bits per heavy atom. The summed E-state index contributed by atoms with van der Waals surface area (Å²) < 4.78 is 5.20. The molecule has 0 aromatic heterocycles. The summed E-state index contributed by atoms with van der Waals surface area (Å²) >= 11 is 0. The second kappa shape index (κ2) is 5.78. The molecule has 0 aliphatic heterocycles. The molecular formula is C18H23NO2. The number of hydrogen-bond acceptors (Lipinski definition) is 3. The molecule has 112 valence electrons. The minimum atomic E-state index is -0.755. The largest absolute Gasteiger partial charge is 0.495 e. The van der Waals surface area contributed by atoms with Crippen molar-refractivity contribution in [2.75, 3.05) is 12.8 Å². The van der Waals surface area contributed by atoms with Gasteiger partial charge < -0.3 is 15.6 Å². The maximum atomic E-state index is 10.6. The van der Waals surface area contributed by atoms with Crippen molar-refractivity contribution in [2.45, 2.75) is 32.3 Å². The maximum Gasteiger partial charge on any atom is 0.142 e. The van der Waals surface area contributed by atoms with Gasteiger partial charge in [-0.2, -0.15) is 0 Å². The van der Waals surface area contributed by atoms with Crippen LogP contribution in [-0.4, -0.2) is 12.2 Å². The molecule has 0 aliphatic rings. The van der Waals surface area contributed by atoms with E-state index in [1.807, 2.05) is 24.3 Å². The summed E-state index contributed by atoms with van der Waals surface area (Å²) in [6.45, 7) is 6.50. The van der Waals surface area contributed by atoms with Gasteiger partial charge in [-0.05, 0) is 22.6 Å². The summed E-state index contributed by atoms with van der Waals surface area (Å²) in [4.78, 5) is 0. The monoisotopic (exact) mass is 285 g/mol. The van der Waals surface area contributed by atoms with Gasteiger partial charge in [-0.1, -0.05) is 57.2 Å². The van der Waals surface area contributed by atoms with Gasteiger partial charge in [-0.25, -0.2) is 0 Å². The van der Waals surface area contributed by atoms with Crippen molar-refractivity contribution in [3.8, 4) is 5.75 Å². The highest BCUT2D eigenvalue weighted by Crippen LogP contribution is 2.33. The van der Waals surface area contributed by atoms with Gasteiger partial charge in [-0.15, -0.1) is 0 Å². The molecule has 0 spiro atoms. The van der Waals surface area contributed by atoms with Crippen molar-refractivity contribution < 1.29 is 9.84 Å². The second-order valence-corrected chi connectivity index (χ2v) is 6.24. The molecule has 1 atom stereocenters. The van der Waals surface area contributed by atoms with Crippen molar-refractivity contribution in [2.24, 2.45) is 0 Å². The first kappa shape index (κ1) is 15.4. The number of rotatable bonds is 3. The fourth-order valence-electron chi connectivity index (χ4n) is 2.32. The summed E-state index contributed by atoms with van der Waals surface area (Å²) in [5, 5.41) is 10.6. The first-order chi connectivity index (χ1) is 9.84. The molecule has 3 N–H and O–H groups in total. The molecule has 0 fully saturated rings. The number of para-hydroxylation sites is 1. The van der Waals surface area contributed by atoms with Crippen LogP contribution in [0.5, 0.6) is 5.75 Å². The minimum Gasteiger partial charge on any atom is -0.495 e. The Balaban J connectivity index is 2.34. The average Bonchev–Trinajstić information content (AvgIpc) is 2.46. The number of nitrogen functional groups attached to an aromatic ring is 1. The summed E-state index contributed by atoms with van der Waals surface area (Å²) in [6, 6.07) is 13.4. The van der Waals surface area contributed by atoms with E-state index in [2.05, 4.69) is 32.9 Å². The molecule has 0 saturated heterocycles. The van der Waals surface area contributed by atoms with Gasteiger partial charge >= 0.3 is 0 Å². The number of methoxy groups -OCH3 is 1. The quantitative estimate of drug-likeness (QED) is 0.846. The lowest BCUT2D eigenvalue weighted by molar-refractivity contribution is 0.220. The topological polar surface area (TPSA) is 55.5 Å². The Labute approximate surface area is 126 Å². The Bertz CT molecular complexity index is 612. The van der Waals surface area contributed by atoms with Gasteiger partial charge in [0.15, 0.2) is 0 Å². The van der Waals surface area contributed by atoms with Gasteiger partial charge in [0.1, 0.15) is 11.9 Å². The standard InChI is InChI=1S/C18H23NO2/c1-18(2,3)13-10-8-12(9-11-13)17(20)14-6-5-7-15(21-4)16(14)19/h5-11,17,20H,19H2,1-4H3. The number of benzene rings is 2. The third-order valence-corrected chi connectivity index (χ3v) is 3.71. The smallest absolute Gasteiger partial charge is 0.142 e. The van der Waals surface area contributed by atoms with E-state index in [9.17, 15) is 5.11 Å². The van der Waals surface area contributed by atoms with E-state index in [-0.39, 0.29) is 5.41 Å². The summed E-state index contributed by atoms with van der Waals surface area (Å²) in [6.07, 6.45) is -0.755. The molecule has 3 heteroatoms. The van der Waals surface area contributed by atoms with E-state index in [0.717, 1.165) is 5.56 Å². The Kier molecular flexibility index (Phi) is 4.24. The molecule has 2 aromatic rings. The zero-order chi connectivity index (χ0) is 15.6. The number of nitrogens with two attached hydrogens (primary N) is 1. The Morgan fingerprint density at radius 3 is 2.19 bits per heavy atom. The lowest BCUT2D eigenvalue weighted by atomic mass is 9.86. The SMILES string of the molecule is COc1cccc(C(O)c2ccc(C(C)(C)C)cc2)c1N. The zero-order valence-electron chi connectivity index (χ0n) is 13.1. The van der Waals surface area contributed by atoms with Crippen molar-refractivity contribution in [1.82, 2.24) is 0 Å². The normalized spacial score (nSPS) is 13.0. The first-order valence-corrected chi connectivity index (χ1v) is 7.05. The molecule has 3 nitrogen and oxygen atoms in total. The third-order valence-electron chi connectivity index (χ3n) is 3.71. The molecule has 0 heterocycles. The van der Waals surface area contributed by atoms with Gasteiger partial charge in [0, 0.05) is 5.56 Å². The highest BCUT2D eigenvalue weighted by atomic mass is 16.5. The molecule has 21 heavy (non-hydrogen) atoms. The molecule has 0 amide bonds. The highest BCUT2D eigenvalue weighted by Gasteiger charge is 2.18. The third kappa shape index (κ3) is 3.19. The molecule has 2 rings (SSSR count). The predicted octanol–water partition coefficient (Wildman–Crippen LogP) is 3.66. The van der Waals surface area contributed by atoms with Gasteiger partial charge in [-0.3, -0.25) is 0 Å². The molecular weight excluding hydrogens is 262 g/mol. The molecule has 0 saturated carbocycles. The number of ether oxygens (including phenoxy) is 1. The van der Waals surface area contributed by atoms with Crippen LogP contribution in [-0.2, 0) is 5.41 Å². The minimum absolute atomic E-state index is 0.0957. The zero-order valence-corrected chi connectivity index (χ0v) is 13.1. The van der Waals surface area contributed by atoms with E-state index >= 15 is 0 Å². The molecule has 2 aromatic carbocycles. The van der Waals surface area contributed by atoms with E-state index in [0.29, 0.717) is 17.0 Å². The summed E-state index contributed by atoms with van der Waals surface area (Å²) in [5.41, 5.74) is 9.34. The molecule has 1 unspecified atom stereocenters. The average molecular weight is 285 g/mol. The van der Waals surface area contributed by atoms with Gasteiger partial charge in [0.2, 0.25) is 0 Å². The van der Waals surface area contributed by atoms with E-state index in [4.69, 9.17) is 10.5 Å².